The molecule has 0 atom stereocenters. The predicted molar refractivity (Wildman–Crippen MR) is 88.2 cm³/mol. The first-order valence-electron chi connectivity index (χ1n) is 7.45. The van der Waals surface area contributed by atoms with Crippen molar-refractivity contribution in [3.8, 4) is 0 Å². The molecule has 0 radical (unpaired) electrons. The molecule has 22 heavy (non-hydrogen) atoms. The fourth-order valence-electron chi connectivity index (χ4n) is 2.02. The number of anilines is 2. The second-order valence-corrected chi connectivity index (χ2v) is 5.04. The van der Waals surface area contributed by atoms with Gasteiger partial charge in [0.05, 0.1) is 0 Å². The molecule has 2 aromatic rings. The van der Waals surface area contributed by atoms with Crippen molar-refractivity contribution in [3.63, 3.8) is 0 Å². The maximum absolute atomic E-state index is 5.02. The minimum atomic E-state index is 0.657. The molecule has 6 heteroatoms. The lowest BCUT2D eigenvalue weighted by Crippen LogP contribution is -2.22. The third kappa shape index (κ3) is 5.29. The molecule has 2 aromatic heterocycles. The van der Waals surface area contributed by atoms with Gasteiger partial charge in [0, 0.05) is 52.4 Å². The normalized spacial score (nSPS) is 10.5. The number of pyridine rings is 1. The van der Waals surface area contributed by atoms with Crippen molar-refractivity contribution < 1.29 is 4.74 Å². The van der Waals surface area contributed by atoms with Crippen LogP contribution in [0.5, 0.6) is 0 Å². The zero-order valence-electron chi connectivity index (χ0n) is 13.2. The molecule has 2 heterocycles. The molecular formula is C16H23N5O. The summed E-state index contributed by atoms with van der Waals surface area (Å²) in [5.74, 6) is 1.57. The highest BCUT2D eigenvalue weighted by Gasteiger charge is 2.05. The van der Waals surface area contributed by atoms with E-state index >= 15 is 0 Å². The van der Waals surface area contributed by atoms with Crippen LogP contribution in [0.3, 0.4) is 0 Å². The van der Waals surface area contributed by atoms with Crippen LogP contribution in [0.25, 0.3) is 0 Å². The molecule has 2 rings (SSSR count). The maximum atomic E-state index is 5.02. The topological polar surface area (TPSA) is 63.2 Å². The molecule has 0 unspecified atom stereocenters. The Morgan fingerprint density at radius 1 is 1.18 bits per heavy atom. The summed E-state index contributed by atoms with van der Waals surface area (Å²) in [4.78, 5) is 14.9. The summed E-state index contributed by atoms with van der Waals surface area (Å²) in [6, 6.07) is 6.00. The number of nitrogens with one attached hydrogen (secondary N) is 1. The van der Waals surface area contributed by atoms with Crippen molar-refractivity contribution in [1.82, 2.24) is 15.0 Å². The molecule has 0 spiro atoms. The molecule has 0 aliphatic rings. The first-order chi connectivity index (χ1) is 10.8. The second-order valence-electron chi connectivity index (χ2n) is 5.04. The Bertz CT molecular complexity index is 549. The van der Waals surface area contributed by atoms with Crippen LogP contribution >= 0.6 is 0 Å². The van der Waals surface area contributed by atoms with Crippen molar-refractivity contribution in [2.75, 3.05) is 44.1 Å². The van der Waals surface area contributed by atoms with Gasteiger partial charge in [-0.3, -0.25) is 4.98 Å². The number of nitrogens with zero attached hydrogens (tertiary/aromatic N) is 4. The average Bonchev–Trinajstić information content (AvgIpc) is 2.58. The minimum Gasteiger partial charge on any atom is -0.385 e. The summed E-state index contributed by atoms with van der Waals surface area (Å²) in [7, 11) is 3.74. The highest BCUT2D eigenvalue weighted by atomic mass is 16.5. The second kappa shape index (κ2) is 8.94. The SMILES string of the molecule is COCCCNc1nccc(N(C)CCc2ccncc2)n1. The first kappa shape index (κ1) is 16.2. The van der Waals surface area contributed by atoms with Gasteiger partial charge in [-0.1, -0.05) is 0 Å². The average molecular weight is 301 g/mol. The Labute approximate surface area is 131 Å². The van der Waals surface area contributed by atoms with Crippen molar-refractivity contribution in [3.05, 3.63) is 42.4 Å². The van der Waals surface area contributed by atoms with Gasteiger partial charge in [-0.05, 0) is 36.6 Å². The van der Waals surface area contributed by atoms with Crippen LogP contribution in [-0.2, 0) is 11.2 Å². The first-order valence-corrected chi connectivity index (χ1v) is 7.45. The highest BCUT2D eigenvalue weighted by molar-refractivity contribution is 5.41. The predicted octanol–water partition coefficient (Wildman–Crippen LogP) is 2.00. The fraction of sp³-hybridized carbons (Fsp3) is 0.438. The number of methoxy groups -OCH3 is 1. The summed E-state index contributed by atoms with van der Waals surface area (Å²) < 4.78 is 5.02. The molecular weight excluding hydrogens is 278 g/mol. The van der Waals surface area contributed by atoms with Gasteiger partial charge >= 0.3 is 0 Å². The molecule has 0 aliphatic heterocycles. The Balaban J connectivity index is 1.85. The maximum Gasteiger partial charge on any atom is 0.224 e. The summed E-state index contributed by atoms with van der Waals surface area (Å²) in [5, 5.41) is 3.21. The van der Waals surface area contributed by atoms with E-state index < -0.39 is 0 Å². The van der Waals surface area contributed by atoms with Crippen LogP contribution in [0.15, 0.2) is 36.8 Å². The lowest BCUT2D eigenvalue weighted by atomic mass is 10.2. The number of hydrogen-bond donors (Lipinski definition) is 1. The van der Waals surface area contributed by atoms with Crippen LogP contribution in [-0.4, -0.2) is 48.8 Å². The lowest BCUT2D eigenvalue weighted by molar-refractivity contribution is 0.197. The summed E-state index contributed by atoms with van der Waals surface area (Å²) in [6.07, 6.45) is 7.32. The van der Waals surface area contributed by atoms with E-state index in [2.05, 4.69) is 25.2 Å². The quantitative estimate of drug-likeness (QED) is 0.715. The number of aromatic nitrogens is 3. The van der Waals surface area contributed by atoms with Crippen LogP contribution in [0, 0.1) is 0 Å². The van der Waals surface area contributed by atoms with E-state index in [1.807, 2.05) is 37.6 Å². The van der Waals surface area contributed by atoms with Crippen LogP contribution < -0.4 is 10.2 Å². The van der Waals surface area contributed by atoms with E-state index in [1.54, 1.807) is 13.3 Å². The minimum absolute atomic E-state index is 0.657. The van der Waals surface area contributed by atoms with Crippen LogP contribution in [0.4, 0.5) is 11.8 Å². The molecule has 6 nitrogen and oxygen atoms in total. The number of ether oxygens (including phenoxy) is 1. The van der Waals surface area contributed by atoms with Gasteiger partial charge in [-0.25, -0.2) is 4.98 Å². The van der Waals surface area contributed by atoms with E-state index in [0.29, 0.717) is 5.95 Å². The van der Waals surface area contributed by atoms with Crippen molar-refractivity contribution in [2.24, 2.45) is 0 Å². The van der Waals surface area contributed by atoms with Gasteiger partial charge in [0.25, 0.3) is 0 Å². The molecule has 0 aliphatic carbocycles. The van der Waals surface area contributed by atoms with Crippen molar-refractivity contribution in [2.45, 2.75) is 12.8 Å². The Morgan fingerprint density at radius 2 is 2.00 bits per heavy atom. The van der Waals surface area contributed by atoms with Gasteiger partial charge in [0.2, 0.25) is 5.95 Å². The van der Waals surface area contributed by atoms with Crippen molar-refractivity contribution >= 4 is 11.8 Å². The monoisotopic (exact) mass is 301 g/mol. The standard InChI is InChI=1S/C16H23N5O/c1-21(12-7-14-4-9-17-10-5-14)15-6-11-19-16(20-15)18-8-3-13-22-2/h4-6,9-11H,3,7-8,12-13H2,1-2H3,(H,18,19,20). The van der Waals surface area contributed by atoms with Gasteiger partial charge < -0.3 is 15.0 Å². The Hall–Kier alpha value is -2.21. The third-order valence-corrected chi connectivity index (χ3v) is 3.33. The molecule has 0 saturated carbocycles. The van der Waals surface area contributed by atoms with E-state index in [0.717, 1.165) is 38.4 Å². The highest BCUT2D eigenvalue weighted by Crippen LogP contribution is 2.11. The van der Waals surface area contributed by atoms with Gasteiger partial charge in [-0.15, -0.1) is 0 Å². The molecule has 0 amide bonds. The van der Waals surface area contributed by atoms with E-state index in [1.165, 1.54) is 5.56 Å². The largest absolute Gasteiger partial charge is 0.385 e. The summed E-state index contributed by atoms with van der Waals surface area (Å²) in [5.41, 5.74) is 1.27. The Morgan fingerprint density at radius 3 is 2.77 bits per heavy atom. The Kier molecular flexibility index (Phi) is 6.57. The van der Waals surface area contributed by atoms with E-state index in [4.69, 9.17) is 4.74 Å². The lowest BCUT2D eigenvalue weighted by Gasteiger charge is -2.18. The number of likely N-dealkylation sites (N-methyl/N-ethyl adjacent to an activating group) is 1. The summed E-state index contributed by atoms with van der Waals surface area (Å²) >= 11 is 0. The fourth-order valence-corrected chi connectivity index (χ4v) is 2.02. The van der Waals surface area contributed by atoms with Gasteiger partial charge in [-0.2, -0.15) is 4.98 Å². The van der Waals surface area contributed by atoms with Crippen LogP contribution in [0.1, 0.15) is 12.0 Å². The molecule has 0 fully saturated rings. The molecule has 0 aromatic carbocycles. The number of rotatable bonds is 9. The summed E-state index contributed by atoms with van der Waals surface area (Å²) in [6.45, 7) is 2.43. The zero-order chi connectivity index (χ0) is 15.6. The van der Waals surface area contributed by atoms with E-state index in [9.17, 15) is 0 Å². The van der Waals surface area contributed by atoms with E-state index in [-0.39, 0.29) is 0 Å². The van der Waals surface area contributed by atoms with Crippen molar-refractivity contribution in [1.29, 1.82) is 0 Å². The molecule has 0 bridgehead atoms. The molecule has 0 saturated heterocycles. The third-order valence-electron chi connectivity index (χ3n) is 3.33. The van der Waals surface area contributed by atoms with Gasteiger partial charge in [0.15, 0.2) is 0 Å². The molecule has 118 valence electrons. The zero-order valence-corrected chi connectivity index (χ0v) is 13.2. The molecule has 1 N–H and O–H groups in total. The van der Waals surface area contributed by atoms with Gasteiger partial charge in [0.1, 0.15) is 5.82 Å². The van der Waals surface area contributed by atoms with Crippen LogP contribution in [0.2, 0.25) is 0 Å². The number of hydrogen-bond acceptors (Lipinski definition) is 6. The smallest absolute Gasteiger partial charge is 0.224 e.